The number of benzene rings is 4. The van der Waals surface area contributed by atoms with Gasteiger partial charge >= 0.3 is 6.18 Å². The molecule has 1 heterocycles. The Hall–Kier alpha value is -4.30. The van der Waals surface area contributed by atoms with Crippen molar-refractivity contribution in [3.05, 3.63) is 148 Å². The molecule has 0 amide bonds. The molecule has 41 heavy (non-hydrogen) atoms. The molecule has 4 aromatic carbocycles. The lowest BCUT2D eigenvalue weighted by molar-refractivity contribution is -0.137. The van der Waals surface area contributed by atoms with Crippen molar-refractivity contribution in [3.63, 3.8) is 0 Å². The van der Waals surface area contributed by atoms with E-state index in [1.165, 1.54) is 17.7 Å². The van der Waals surface area contributed by atoms with Crippen LogP contribution in [-0.2, 0) is 25.8 Å². The summed E-state index contributed by atoms with van der Waals surface area (Å²) in [5.74, 6) is 0.868. The molecule has 1 atom stereocenters. The highest BCUT2D eigenvalue weighted by Gasteiger charge is 2.34. The predicted molar refractivity (Wildman–Crippen MR) is 153 cm³/mol. The first-order valence-corrected chi connectivity index (χ1v) is 13.6. The van der Waals surface area contributed by atoms with Gasteiger partial charge in [-0.1, -0.05) is 111 Å². The number of rotatable bonds is 10. The fraction of sp³-hybridized carbons (Fsp3) is 0.242. The molecule has 210 valence electrons. The molecule has 5 nitrogen and oxygen atoms in total. The zero-order valence-electron chi connectivity index (χ0n) is 23.0. The molecule has 0 fully saturated rings. The van der Waals surface area contributed by atoms with Gasteiger partial charge < -0.3 is 0 Å². The van der Waals surface area contributed by atoms with Crippen molar-refractivity contribution < 1.29 is 13.2 Å². The Bertz CT molecular complexity index is 1530. The first-order valence-electron chi connectivity index (χ1n) is 13.6. The van der Waals surface area contributed by atoms with Crippen molar-refractivity contribution >= 4 is 0 Å². The van der Waals surface area contributed by atoms with E-state index in [0.29, 0.717) is 36.9 Å². The Balaban J connectivity index is 1.62. The highest BCUT2D eigenvalue weighted by Crippen LogP contribution is 2.35. The molecular formula is C33H32F3N5. The second kappa shape index (κ2) is 12.5. The van der Waals surface area contributed by atoms with E-state index in [4.69, 9.17) is 0 Å². The zero-order chi connectivity index (χ0) is 28.8. The Labute approximate surface area is 238 Å². The maximum Gasteiger partial charge on any atom is 0.416 e. The maximum atomic E-state index is 13.9. The van der Waals surface area contributed by atoms with E-state index in [1.807, 2.05) is 60.7 Å². The van der Waals surface area contributed by atoms with Gasteiger partial charge in [0.25, 0.3) is 0 Å². The fourth-order valence-electron chi connectivity index (χ4n) is 4.98. The van der Waals surface area contributed by atoms with Gasteiger partial charge in [0.15, 0.2) is 5.82 Å². The second-order valence-electron chi connectivity index (χ2n) is 10.5. The zero-order valence-corrected chi connectivity index (χ0v) is 23.0. The number of aromatic nitrogens is 4. The van der Waals surface area contributed by atoms with Crippen LogP contribution in [0.5, 0.6) is 0 Å². The van der Waals surface area contributed by atoms with E-state index in [2.05, 4.69) is 58.5 Å². The van der Waals surface area contributed by atoms with Crippen LogP contribution < -0.4 is 0 Å². The van der Waals surface area contributed by atoms with Crippen molar-refractivity contribution in [1.29, 1.82) is 0 Å². The van der Waals surface area contributed by atoms with Crippen LogP contribution in [-0.4, -0.2) is 25.1 Å². The number of halogens is 3. The summed E-state index contributed by atoms with van der Waals surface area (Å²) in [5, 5.41) is 12.6. The average Bonchev–Trinajstić information content (AvgIpc) is 3.41. The molecule has 0 saturated carbocycles. The molecule has 8 heteroatoms. The van der Waals surface area contributed by atoms with Crippen molar-refractivity contribution in [2.24, 2.45) is 0 Å². The minimum atomic E-state index is -4.48. The van der Waals surface area contributed by atoms with Gasteiger partial charge in [0.1, 0.15) is 0 Å². The van der Waals surface area contributed by atoms with Crippen molar-refractivity contribution in [1.82, 2.24) is 25.1 Å². The summed E-state index contributed by atoms with van der Waals surface area (Å²) in [5.41, 5.74) is 4.06. The largest absolute Gasteiger partial charge is 0.416 e. The van der Waals surface area contributed by atoms with Crippen molar-refractivity contribution in [2.45, 2.75) is 51.6 Å². The monoisotopic (exact) mass is 555 g/mol. The molecule has 0 radical (unpaired) electrons. The number of nitrogens with zero attached hydrogens (tertiary/aromatic N) is 5. The van der Waals surface area contributed by atoms with Crippen LogP contribution >= 0.6 is 0 Å². The smallest absolute Gasteiger partial charge is 0.281 e. The quantitative estimate of drug-likeness (QED) is 0.178. The third kappa shape index (κ3) is 7.08. The summed E-state index contributed by atoms with van der Waals surface area (Å²) in [6, 6.07) is 32.9. The number of tetrazole rings is 1. The highest BCUT2D eigenvalue weighted by molar-refractivity contribution is 5.33. The van der Waals surface area contributed by atoms with Crippen LogP contribution in [0.25, 0.3) is 0 Å². The van der Waals surface area contributed by atoms with Gasteiger partial charge in [-0.05, 0) is 56.3 Å². The molecule has 0 aliphatic heterocycles. The number of alkyl halides is 3. The van der Waals surface area contributed by atoms with E-state index < -0.39 is 17.8 Å². The van der Waals surface area contributed by atoms with Gasteiger partial charge in [-0.15, -0.1) is 5.10 Å². The Morgan fingerprint density at radius 2 is 1.32 bits per heavy atom. The topological polar surface area (TPSA) is 46.8 Å². The van der Waals surface area contributed by atoms with Crippen LogP contribution in [0, 0.1) is 0 Å². The SMILES string of the molecule is CC(C)c1ccc(CN(Cc2ccccc2)[C@@H](c2cccc(C(F)(F)F)c2)c2nnnn2Cc2ccccc2)cc1. The molecule has 5 rings (SSSR count). The molecule has 0 unspecified atom stereocenters. The van der Waals surface area contributed by atoms with Crippen LogP contribution in [0.1, 0.15) is 65.0 Å². The summed E-state index contributed by atoms with van der Waals surface area (Å²) >= 11 is 0. The minimum Gasteiger partial charge on any atom is -0.281 e. The lowest BCUT2D eigenvalue weighted by Gasteiger charge is -2.32. The summed E-state index contributed by atoms with van der Waals surface area (Å²) in [7, 11) is 0. The van der Waals surface area contributed by atoms with Gasteiger partial charge in [0, 0.05) is 13.1 Å². The fourth-order valence-corrected chi connectivity index (χ4v) is 4.98. The second-order valence-corrected chi connectivity index (χ2v) is 10.5. The van der Waals surface area contributed by atoms with Gasteiger partial charge in [0.05, 0.1) is 18.2 Å². The standard InChI is InChI=1S/C33H32F3N5/c1-24(2)28-18-16-27(17-19-28)22-40(21-25-10-5-3-6-11-25)31(29-14-9-15-30(20-29)33(34,35)36)32-37-38-39-41(32)23-26-12-7-4-8-13-26/h3-20,24,31H,21-23H2,1-2H3/t31-/m0/s1. The van der Waals surface area contributed by atoms with Gasteiger partial charge in [-0.3, -0.25) is 4.90 Å². The van der Waals surface area contributed by atoms with Crippen LogP contribution in [0.2, 0.25) is 0 Å². The van der Waals surface area contributed by atoms with Gasteiger partial charge in [-0.25, -0.2) is 4.68 Å². The van der Waals surface area contributed by atoms with E-state index in [0.717, 1.165) is 22.8 Å². The minimum absolute atomic E-state index is 0.390. The summed E-state index contributed by atoms with van der Waals surface area (Å²) in [4.78, 5) is 2.14. The molecule has 0 bridgehead atoms. The van der Waals surface area contributed by atoms with Crippen molar-refractivity contribution in [3.8, 4) is 0 Å². The predicted octanol–water partition coefficient (Wildman–Crippen LogP) is 7.66. The Morgan fingerprint density at radius 1 is 0.707 bits per heavy atom. The summed E-state index contributed by atoms with van der Waals surface area (Å²) in [6.45, 7) is 5.64. The Morgan fingerprint density at radius 3 is 1.93 bits per heavy atom. The van der Waals surface area contributed by atoms with E-state index in [9.17, 15) is 13.2 Å². The molecule has 5 aromatic rings. The molecule has 1 aromatic heterocycles. The molecule has 0 aliphatic carbocycles. The normalized spacial score (nSPS) is 12.7. The van der Waals surface area contributed by atoms with E-state index >= 15 is 0 Å². The average molecular weight is 556 g/mol. The van der Waals surface area contributed by atoms with Crippen LogP contribution in [0.4, 0.5) is 13.2 Å². The van der Waals surface area contributed by atoms with E-state index in [-0.39, 0.29) is 0 Å². The first kappa shape index (κ1) is 28.2. The number of hydrogen-bond donors (Lipinski definition) is 0. The van der Waals surface area contributed by atoms with Gasteiger partial charge in [0.2, 0.25) is 0 Å². The number of hydrogen-bond acceptors (Lipinski definition) is 4. The molecule has 0 saturated heterocycles. The lowest BCUT2D eigenvalue weighted by Crippen LogP contribution is -2.31. The highest BCUT2D eigenvalue weighted by atomic mass is 19.4. The third-order valence-electron chi connectivity index (χ3n) is 7.13. The van der Waals surface area contributed by atoms with Gasteiger partial charge in [-0.2, -0.15) is 13.2 Å². The first-order chi connectivity index (χ1) is 19.8. The maximum absolute atomic E-state index is 13.9. The summed E-state index contributed by atoms with van der Waals surface area (Å²) in [6.07, 6.45) is -4.48. The molecule has 0 spiro atoms. The van der Waals surface area contributed by atoms with Crippen molar-refractivity contribution in [2.75, 3.05) is 0 Å². The molecule has 0 N–H and O–H groups in total. The van der Waals surface area contributed by atoms with Crippen LogP contribution in [0.15, 0.2) is 109 Å². The summed E-state index contributed by atoms with van der Waals surface area (Å²) < 4.78 is 43.3. The van der Waals surface area contributed by atoms with Crippen LogP contribution in [0.3, 0.4) is 0 Å². The third-order valence-corrected chi connectivity index (χ3v) is 7.13. The molecular weight excluding hydrogens is 523 g/mol. The molecule has 0 aliphatic rings. The Kier molecular flexibility index (Phi) is 8.59. The lowest BCUT2D eigenvalue weighted by atomic mass is 9.98. The van der Waals surface area contributed by atoms with E-state index in [1.54, 1.807) is 10.7 Å².